The van der Waals surface area contributed by atoms with Crippen LogP contribution in [-0.2, 0) is 14.8 Å². The topological polar surface area (TPSA) is 66.5 Å². The Balaban J connectivity index is 2.29. The summed E-state index contributed by atoms with van der Waals surface area (Å²) in [6.07, 6.45) is 0.914. The number of aryl methyl sites for hydroxylation is 1. The number of halogens is 3. The summed E-state index contributed by atoms with van der Waals surface area (Å²) in [6.45, 7) is 1.08. The van der Waals surface area contributed by atoms with Crippen LogP contribution in [0.1, 0.15) is 5.56 Å². The number of benzene rings is 2. The maximum Gasteiger partial charge on any atom is 0.245 e. The molecule has 0 bridgehead atoms. The van der Waals surface area contributed by atoms with Crippen LogP contribution in [0, 0.1) is 18.6 Å². The maximum absolute atomic E-state index is 13.6. The molecule has 0 radical (unpaired) electrons. The molecule has 0 unspecified atom stereocenters. The van der Waals surface area contributed by atoms with Crippen molar-refractivity contribution in [1.29, 1.82) is 0 Å². The quantitative estimate of drug-likeness (QED) is 0.854. The molecule has 0 heterocycles. The van der Waals surface area contributed by atoms with Gasteiger partial charge in [0.05, 0.1) is 11.9 Å². The molecule has 0 spiro atoms. The number of hydrogen-bond donors (Lipinski definition) is 1. The first-order valence-corrected chi connectivity index (χ1v) is 9.30. The van der Waals surface area contributed by atoms with Crippen LogP contribution in [0.2, 0.25) is 5.02 Å². The molecule has 0 atom stereocenters. The van der Waals surface area contributed by atoms with Crippen molar-refractivity contribution in [3.63, 3.8) is 0 Å². The number of para-hydroxylation sites is 1. The minimum Gasteiger partial charge on any atom is -0.320 e. The number of nitrogens with zero attached hydrogens (tertiary/aromatic N) is 1. The third kappa shape index (κ3) is 4.67. The molecule has 9 heteroatoms. The van der Waals surface area contributed by atoms with Crippen molar-refractivity contribution >= 4 is 38.9 Å². The van der Waals surface area contributed by atoms with Gasteiger partial charge in [-0.25, -0.2) is 17.2 Å². The molecule has 25 heavy (non-hydrogen) atoms. The zero-order valence-corrected chi connectivity index (χ0v) is 15.0. The first-order chi connectivity index (χ1) is 11.6. The Labute approximate surface area is 149 Å². The summed E-state index contributed by atoms with van der Waals surface area (Å²) in [7, 11) is -3.83. The Morgan fingerprint density at radius 1 is 1.20 bits per heavy atom. The summed E-state index contributed by atoms with van der Waals surface area (Å²) in [6, 6.07) is 7.59. The highest BCUT2D eigenvalue weighted by Crippen LogP contribution is 2.25. The number of carbonyl (C=O) groups is 1. The zero-order chi connectivity index (χ0) is 18.8. The number of nitrogens with one attached hydrogen (secondary N) is 1. The normalized spacial score (nSPS) is 11.2. The third-order valence-electron chi connectivity index (χ3n) is 3.36. The lowest BCUT2D eigenvalue weighted by molar-refractivity contribution is -0.114. The second-order valence-corrected chi connectivity index (χ2v) is 7.66. The van der Waals surface area contributed by atoms with Crippen molar-refractivity contribution in [2.24, 2.45) is 0 Å². The fraction of sp³-hybridized carbons (Fsp3) is 0.188. The molecular weight excluding hydrogens is 374 g/mol. The Kier molecular flexibility index (Phi) is 5.64. The highest BCUT2D eigenvalue weighted by Gasteiger charge is 2.22. The van der Waals surface area contributed by atoms with Crippen LogP contribution in [0.15, 0.2) is 36.4 Å². The predicted octanol–water partition coefficient (Wildman–Crippen LogP) is 3.33. The number of rotatable bonds is 5. The van der Waals surface area contributed by atoms with E-state index in [0.29, 0.717) is 5.02 Å². The smallest absolute Gasteiger partial charge is 0.245 e. The Hall–Kier alpha value is -2.19. The molecular formula is C16H15ClF2N2O3S. The number of carbonyl (C=O) groups excluding carboxylic acids is 1. The lowest BCUT2D eigenvalue weighted by atomic mass is 10.2. The van der Waals surface area contributed by atoms with Crippen LogP contribution < -0.4 is 9.62 Å². The summed E-state index contributed by atoms with van der Waals surface area (Å²) < 4.78 is 52.0. The van der Waals surface area contributed by atoms with E-state index in [1.807, 2.05) is 5.32 Å². The van der Waals surface area contributed by atoms with Gasteiger partial charge in [0, 0.05) is 5.02 Å². The fourth-order valence-electron chi connectivity index (χ4n) is 2.06. The Morgan fingerprint density at radius 3 is 2.32 bits per heavy atom. The van der Waals surface area contributed by atoms with Gasteiger partial charge < -0.3 is 5.32 Å². The van der Waals surface area contributed by atoms with Crippen molar-refractivity contribution < 1.29 is 22.0 Å². The molecule has 1 amide bonds. The number of sulfonamides is 1. The minimum atomic E-state index is -3.83. The summed E-state index contributed by atoms with van der Waals surface area (Å²) in [5.41, 5.74) is 0.266. The molecule has 0 aliphatic carbocycles. The zero-order valence-electron chi connectivity index (χ0n) is 13.4. The van der Waals surface area contributed by atoms with E-state index >= 15 is 0 Å². The van der Waals surface area contributed by atoms with Gasteiger partial charge >= 0.3 is 0 Å². The highest BCUT2D eigenvalue weighted by atomic mass is 35.5. The van der Waals surface area contributed by atoms with Gasteiger partial charge in [-0.15, -0.1) is 0 Å². The van der Waals surface area contributed by atoms with Crippen LogP contribution in [0.5, 0.6) is 0 Å². The average Bonchev–Trinajstić information content (AvgIpc) is 2.50. The van der Waals surface area contributed by atoms with Gasteiger partial charge in [0.2, 0.25) is 15.9 Å². The SMILES string of the molecule is Cc1ccc(N(CC(=O)Nc2c(F)cccc2F)S(C)(=O)=O)cc1Cl. The van der Waals surface area contributed by atoms with Gasteiger partial charge in [0.1, 0.15) is 23.9 Å². The third-order valence-corrected chi connectivity index (χ3v) is 4.91. The number of anilines is 2. The summed E-state index contributed by atoms with van der Waals surface area (Å²) >= 11 is 5.99. The van der Waals surface area contributed by atoms with Gasteiger partial charge in [-0.2, -0.15) is 0 Å². The van der Waals surface area contributed by atoms with E-state index in [0.717, 1.165) is 34.3 Å². The van der Waals surface area contributed by atoms with Crippen molar-refractivity contribution in [3.8, 4) is 0 Å². The molecule has 1 N–H and O–H groups in total. The van der Waals surface area contributed by atoms with Crippen molar-refractivity contribution in [2.75, 3.05) is 22.4 Å². The van der Waals surface area contributed by atoms with Gasteiger partial charge in [-0.05, 0) is 36.8 Å². The van der Waals surface area contributed by atoms with E-state index in [-0.39, 0.29) is 5.69 Å². The van der Waals surface area contributed by atoms with Gasteiger partial charge in [-0.3, -0.25) is 9.10 Å². The molecule has 5 nitrogen and oxygen atoms in total. The molecule has 0 saturated heterocycles. The predicted molar refractivity (Wildman–Crippen MR) is 93.4 cm³/mol. The monoisotopic (exact) mass is 388 g/mol. The Bertz CT molecular complexity index is 899. The standard InChI is InChI=1S/C16H15ClF2N2O3S/c1-10-6-7-11(8-12(10)17)21(25(2,23)24)9-15(22)20-16-13(18)4-3-5-14(16)19/h3-8H,9H2,1-2H3,(H,20,22). The van der Waals surface area contributed by atoms with Gasteiger partial charge in [0.15, 0.2) is 0 Å². The van der Waals surface area contributed by atoms with E-state index in [1.54, 1.807) is 13.0 Å². The fourth-order valence-corrected chi connectivity index (χ4v) is 3.09. The van der Waals surface area contributed by atoms with Crippen LogP contribution in [0.3, 0.4) is 0 Å². The molecule has 0 saturated carbocycles. The molecule has 0 aliphatic rings. The molecule has 0 fully saturated rings. The van der Waals surface area contributed by atoms with Crippen molar-refractivity contribution in [2.45, 2.75) is 6.92 Å². The van der Waals surface area contributed by atoms with E-state index in [2.05, 4.69) is 0 Å². The molecule has 134 valence electrons. The largest absolute Gasteiger partial charge is 0.320 e. The van der Waals surface area contributed by atoms with Crippen LogP contribution in [0.25, 0.3) is 0 Å². The first-order valence-electron chi connectivity index (χ1n) is 7.07. The van der Waals surface area contributed by atoms with Gasteiger partial charge in [0.25, 0.3) is 0 Å². The van der Waals surface area contributed by atoms with E-state index in [1.165, 1.54) is 12.1 Å². The molecule has 2 aromatic rings. The number of hydrogen-bond acceptors (Lipinski definition) is 3. The molecule has 0 aromatic heterocycles. The summed E-state index contributed by atoms with van der Waals surface area (Å²) in [5.74, 6) is -2.82. The van der Waals surface area contributed by atoms with Crippen LogP contribution >= 0.6 is 11.6 Å². The second-order valence-electron chi connectivity index (χ2n) is 5.35. The number of amides is 1. The summed E-state index contributed by atoms with van der Waals surface area (Å²) in [5, 5.41) is 2.37. The molecule has 2 aromatic carbocycles. The highest BCUT2D eigenvalue weighted by molar-refractivity contribution is 7.92. The van der Waals surface area contributed by atoms with E-state index in [4.69, 9.17) is 11.6 Å². The molecule has 2 rings (SSSR count). The van der Waals surface area contributed by atoms with Crippen LogP contribution in [-0.4, -0.2) is 27.1 Å². The van der Waals surface area contributed by atoms with Crippen LogP contribution in [0.4, 0.5) is 20.2 Å². The lowest BCUT2D eigenvalue weighted by Crippen LogP contribution is -2.37. The second kappa shape index (κ2) is 7.37. The first kappa shape index (κ1) is 19.1. The average molecular weight is 389 g/mol. The lowest BCUT2D eigenvalue weighted by Gasteiger charge is -2.22. The maximum atomic E-state index is 13.6. The van der Waals surface area contributed by atoms with E-state index < -0.39 is 39.8 Å². The summed E-state index contributed by atoms with van der Waals surface area (Å²) in [4.78, 5) is 12.1. The van der Waals surface area contributed by atoms with Crippen molar-refractivity contribution in [1.82, 2.24) is 0 Å². The van der Waals surface area contributed by atoms with Gasteiger partial charge in [-0.1, -0.05) is 23.7 Å². The Morgan fingerprint density at radius 2 is 1.80 bits per heavy atom. The molecule has 0 aliphatic heterocycles. The van der Waals surface area contributed by atoms with Crippen molar-refractivity contribution in [3.05, 3.63) is 58.6 Å². The minimum absolute atomic E-state index is 0.169. The van der Waals surface area contributed by atoms with E-state index in [9.17, 15) is 22.0 Å².